The number of H-pyrrole nitrogens is 1. The van der Waals surface area contributed by atoms with Gasteiger partial charge in [0.2, 0.25) is 5.95 Å². The average Bonchev–Trinajstić information content (AvgIpc) is 3.05. The molecule has 0 saturated carbocycles. The van der Waals surface area contributed by atoms with E-state index in [0.717, 1.165) is 37.6 Å². The Kier molecular flexibility index (Phi) is 3.43. The van der Waals surface area contributed by atoms with Crippen LogP contribution in [0.1, 0.15) is 24.4 Å². The van der Waals surface area contributed by atoms with Gasteiger partial charge in [-0.1, -0.05) is 0 Å². The van der Waals surface area contributed by atoms with Gasteiger partial charge in [-0.2, -0.15) is 4.98 Å². The van der Waals surface area contributed by atoms with E-state index < -0.39 is 0 Å². The lowest BCUT2D eigenvalue weighted by molar-refractivity contribution is 0.439. The smallest absolute Gasteiger partial charge is 0.245 e. The van der Waals surface area contributed by atoms with Gasteiger partial charge in [-0.3, -0.25) is 5.10 Å². The summed E-state index contributed by atoms with van der Waals surface area (Å²) in [6.45, 7) is 5.68. The van der Waals surface area contributed by atoms with Crippen LogP contribution in [0.3, 0.4) is 0 Å². The Bertz CT molecular complexity index is 581. The second kappa shape index (κ2) is 5.24. The molecule has 108 valence electrons. The Morgan fingerprint density at radius 1 is 1.25 bits per heavy atom. The minimum Gasteiger partial charge on any atom is -0.437 e. The fourth-order valence-corrected chi connectivity index (χ4v) is 2.62. The minimum atomic E-state index is 0.601. The number of piperidine rings is 1. The van der Waals surface area contributed by atoms with Gasteiger partial charge >= 0.3 is 0 Å². The maximum absolute atomic E-state index is 5.56. The number of anilines is 1. The number of aromatic amines is 1. The van der Waals surface area contributed by atoms with E-state index in [1.807, 2.05) is 20.9 Å². The number of aryl methyl sites for hydroxylation is 2. The number of aromatic nitrogens is 4. The molecule has 20 heavy (non-hydrogen) atoms. The molecule has 1 saturated heterocycles. The van der Waals surface area contributed by atoms with E-state index in [1.54, 1.807) is 0 Å². The number of oxazole rings is 1. The maximum atomic E-state index is 5.56. The van der Waals surface area contributed by atoms with Gasteiger partial charge in [0.1, 0.15) is 0 Å². The molecule has 7 heteroatoms. The fraction of sp³-hybridized carbons (Fsp3) is 0.615. The summed E-state index contributed by atoms with van der Waals surface area (Å²) in [6, 6.07) is 0.601. The van der Waals surface area contributed by atoms with Gasteiger partial charge in [-0.15, -0.1) is 5.10 Å². The average molecular weight is 276 g/mol. The molecule has 1 aliphatic heterocycles. The highest BCUT2D eigenvalue weighted by Gasteiger charge is 2.22. The maximum Gasteiger partial charge on any atom is 0.245 e. The Balaban J connectivity index is 1.76. The van der Waals surface area contributed by atoms with Crippen molar-refractivity contribution in [3.05, 3.63) is 11.6 Å². The highest BCUT2D eigenvalue weighted by atomic mass is 16.4. The number of hydrogen-bond acceptors (Lipinski definition) is 6. The number of nitrogens with zero attached hydrogens (tertiary/aromatic N) is 4. The lowest BCUT2D eigenvalue weighted by atomic mass is 10.1. The largest absolute Gasteiger partial charge is 0.437 e. The molecule has 0 radical (unpaired) electrons. The predicted molar refractivity (Wildman–Crippen MR) is 75.6 cm³/mol. The molecule has 7 nitrogen and oxygen atoms in total. The standard InChI is InChI=1S/C13H20N6O/c1-8-11(20-9(2)15-8)12-16-13(18-17-12)19-6-4-10(14-3)5-7-19/h10,14H,4-7H2,1-3H3,(H,16,17,18). The normalized spacial score (nSPS) is 16.9. The van der Waals surface area contributed by atoms with Crippen molar-refractivity contribution in [3.63, 3.8) is 0 Å². The van der Waals surface area contributed by atoms with Crippen LogP contribution >= 0.6 is 0 Å². The summed E-state index contributed by atoms with van der Waals surface area (Å²) in [7, 11) is 2.01. The molecular formula is C13H20N6O. The molecule has 0 bridgehead atoms. The van der Waals surface area contributed by atoms with E-state index in [2.05, 4.69) is 30.4 Å². The number of hydrogen-bond donors (Lipinski definition) is 2. The van der Waals surface area contributed by atoms with Crippen LogP contribution in [0, 0.1) is 13.8 Å². The van der Waals surface area contributed by atoms with Crippen molar-refractivity contribution < 1.29 is 4.42 Å². The molecule has 2 aromatic rings. The summed E-state index contributed by atoms with van der Waals surface area (Å²) in [6.07, 6.45) is 2.22. The summed E-state index contributed by atoms with van der Waals surface area (Å²) in [5.74, 6) is 2.70. The third-order valence-electron chi connectivity index (χ3n) is 3.78. The van der Waals surface area contributed by atoms with Crippen molar-refractivity contribution >= 4 is 5.95 Å². The van der Waals surface area contributed by atoms with Crippen LogP contribution in [0.15, 0.2) is 4.42 Å². The summed E-state index contributed by atoms with van der Waals surface area (Å²) >= 11 is 0. The van der Waals surface area contributed by atoms with Crippen LogP contribution in [-0.4, -0.2) is 46.3 Å². The van der Waals surface area contributed by atoms with Crippen molar-refractivity contribution in [2.24, 2.45) is 0 Å². The van der Waals surface area contributed by atoms with Gasteiger partial charge < -0.3 is 14.6 Å². The van der Waals surface area contributed by atoms with Gasteiger partial charge in [-0.25, -0.2) is 4.98 Å². The van der Waals surface area contributed by atoms with Crippen LogP contribution < -0.4 is 10.2 Å². The first-order valence-electron chi connectivity index (χ1n) is 6.96. The monoisotopic (exact) mass is 276 g/mol. The number of nitrogens with one attached hydrogen (secondary N) is 2. The molecule has 0 amide bonds. The van der Waals surface area contributed by atoms with Crippen LogP contribution in [0.5, 0.6) is 0 Å². The highest BCUT2D eigenvalue weighted by molar-refractivity contribution is 5.52. The first-order valence-corrected chi connectivity index (χ1v) is 6.96. The van der Waals surface area contributed by atoms with Gasteiger partial charge in [0.25, 0.3) is 0 Å². The van der Waals surface area contributed by atoms with Gasteiger partial charge in [-0.05, 0) is 26.8 Å². The van der Waals surface area contributed by atoms with E-state index in [4.69, 9.17) is 4.42 Å². The highest BCUT2D eigenvalue weighted by Crippen LogP contribution is 2.23. The van der Waals surface area contributed by atoms with Crippen LogP contribution in [0.4, 0.5) is 5.95 Å². The van der Waals surface area contributed by atoms with Crippen molar-refractivity contribution in [2.75, 3.05) is 25.0 Å². The summed E-state index contributed by atoms with van der Waals surface area (Å²) < 4.78 is 5.56. The second-order valence-electron chi connectivity index (χ2n) is 5.18. The lowest BCUT2D eigenvalue weighted by Gasteiger charge is -2.30. The summed E-state index contributed by atoms with van der Waals surface area (Å²) in [5, 5.41) is 10.6. The fourth-order valence-electron chi connectivity index (χ4n) is 2.62. The summed E-state index contributed by atoms with van der Waals surface area (Å²) in [4.78, 5) is 11.0. The zero-order valence-corrected chi connectivity index (χ0v) is 12.1. The first kappa shape index (κ1) is 13.1. The Morgan fingerprint density at radius 2 is 2.00 bits per heavy atom. The number of rotatable bonds is 3. The Hall–Kier alpha value is -1.89. The third kappa shape index (κ3) is 2.40. The van der Waals surface area contributed by atoms with Gasteiger partial charge in [0, 0.05) is 26.1 Å². The van der Waals surface area contributed by atoms with E-state index >= 15 is 0 Å². The molecule has 2 aromatic heterocycles. The Labute approximate surface area is 117 Å². The minimum absolute atomic E-state index is 0.601. The molecular weight excluding hydrogens is 256 g/mol. The molecule has 0 atom stereocenters. The second-order valence-corrected chi connectivity index (χ2v) is 5.18. The molecule has 3 heterocycles. The van der Waals surface area contributed by atoms with E-state index in [-0.39, 0.29) is 0 Å². The van der Waals surface area contributed by atoms with E-state index in [0.29, 0.717) is 23.5 Å². The van der Waals surface area contributed by atoms with Crippen molar-refractivity contribution in [2.45, 2.75) is 32.7 Å². The molecule has 2 N–H and O–H groups in total. The molecule has 0 aliphatic carbocycles. The third-order valence-corrected chi connectivity index (χ3v) is 3.78. The topological polar surface area (TPSA) is 82.9 Å². The van der Waals surface area contributed by atoms with Crippen molar-refractivity contribution in [1.29, 1.82) is 0 Å². The zero-order chi connectivity index (χ0) is 14.1. The van der Waals surface area contributed by atoms with Crippen LogP contribution in [-0.2, 0) is 0 Å². The first-order chi connectivity index (χ1) is 9.67. The van der Waals surface area contributed by atoms with Crippen LogP contribution in [0.2, 0.25) is 0 Å². The van der Waals surface area contributed by atoms with E-state index in [1.165, 1.54) is 0 Å². The molecule has 1 aliphatic rings. The van der Waals surface area contributed by atoms with Crippen molar-refractivity contribution in [3.8, 4) is 11.6 Å². The molecule has 1 fully saturated rings. The van der Waals surface area contributed by atoms with Crippen LogP contribution in [0.25, 0.3) is 11.6 Å². The molecule has 3 rings (SSSR count). The van der Waals surface area contributed by atoms with E-state index in [9.17, 15) is 0 Å². The SMILES string of the molecule is CNC1CCN(c2n[nH]c(-c3oc(C)nc3C)n2)CC1. The molecule has 0 unspecified atom stereocenters. The zero-order valence-electron chi connectivity index (χ0n) is 12.1. The lowest BCUT2D eigenvalue weighted by Crippen LogP contribution is -2.41. The van der Waals surface area contributed by atoms with Crippen molar-refractivity contribution in [1.82, 2.24) is 25.5 Å². The Morgan fingerprint density at radius 3 is 2.60 bits per heavy atom. The molecule has 0 spiro atoms. The predicted octanol–water partition coefficient (Wildman–Crippen LogP) is 1.26. The summed E-state index contributed by atoms with van der Waals surface area (Å²) in [5.41, 5.74) is 0.832. The quantitative estimate of drug-likeness (QED) is 0.878. The van der Waals surface area contributed by atoms with Gasteiger partial charge in [0.15, 0.2) is 17.5 Å². The van der Waals surface area contributed by atoms with Gasteiger partial charge in [0.05, 0.1) is 5.69 Å². The molecule has 0 aromatic carbocycles.